The van der Waals surface area contributed by atoms with Gasteiger partial charge in [0.25, 0.3) is 0 Å². The molecule has 0 aliphatic heterocycles. The molecular formula is C36H28Br2O2. The van der Waals surface area contributed by atoms with Gasteiger partial charge in [-0.05, 0) is 101 Å². The first kappa shape index (κ1) is 27.7. The number of hydrogen-bond donors (Lipinski definition) is 0. The number of halogens is 2. The Morgan fingerprint density at radius 2 is 0.650 bits per heavy atom. The lowest BCUT2D eigenvalue weighted by atomic mass is 9.85. The van der Waals surface area contributed by atoms with Crippen molar-refractivity contribution in [2.45, 2.75) is 0 Å². The standard InChI is InChI=1S/C36H28Br2O2/c1-39-31-21-17-28(18-22-31)34(29-19-23-32(40-2)24-20-29)33(25-9-5-3-6-10-25)27-13-15-30(16-14-27)35(36(37)38)26-11-7-4-8-12-26/h3-24H,1-2H3. The summed E-state index contributed by atoms with van der Waals surface area (Å²) in [6, 6.07) is 46.2. The van der Waals surface area contributed by atoms with Crippen LogP contribution in [0.5, 0.6) is 11.5 Å². The molecule has 0 amide bonds. The van der Waals surface area contributed by atoms with Crippen molar-refractivity contribution in [2.75, 3.05) is 14.2 Å². The molecule has 0 radical (unpaired) electrons. The lowest BCUT2D eigenvalue weighted by molar-refractivity contribution is 0.414. The fourth-order valence-electron chi connectivity index (χ4n) is 4.82. The Kier molecular flexibility index (Phi) is 9.00. The molecule has 0 N–H and O–H groups in total. The van der Waals surface area contributed by atoms with Crippen molar-refractivity contribution in [3.05, 3.63) is 170 Å². The third kappa shape index (κ3) is 6.14. The number of benzene rings is 5. The molecule has 40 heavy (non-hydrogen) atoms. The molecule has 0 heterocycles. The molecule has 198 valence electrons. The molecular weight excluding hydrogens is 624 g/mol. The van der Waals surface area contributed by atoms with Crippen LogP contribution in [0, 0.1) is 0 Å². The minimum absolute atomic E-state index is 0.823. The van der Waals surface area contributed by atoms with Crippen LogP contribution in [-0.4, -0.2) is 14.2 Å². The second-order valence-corrected chi connectivity index (χ2v) is 11.8. The zero-order chi connectivity index (χ0) is 27.9. The van der Waals surface area contributed by atoms with E-state index in [2.05, 4.69) is 135 Å². The van der Waals surface area contributed by atoms with Crippen LogP contribution >= 0.6 is 31.9 Å². The van der Waals surface area contributed by atoms with Crippen LogP contribution in [0.3, 0.4) is 0 Å². The highest BCUT2D eigenvalue weighted by molar-refractivity contribution is 9.28. The molecule has 0 aromatic heterocycles. The maximum Gasteiger partial charge on any atom is 0.118 e. The summed E-state index contributed by atoms with van der Waals surface area (Å²) in [5, 5.41) is 0. The van der Waals surface area contributed by atoms with Crippen molar-refractivity contribution in [1.29, 1.82) is 0 Å². The van der Waals surface area contributed by atoms with Gasteiger partial charge in [0.1, 0.15) is 11.5 Å². The van der Waals surface area contributed by atoms with E-state index in [1.165, 1.54) is 0 Å². The van der Waals surface area contributed by atoms with Crippen LogP contribution in [0.1, 0.15) is 33.4 Å². The summed E-state index contributed by atoms with van der Waals surface area (Å²) < 4.78 is 11.8. The predicted molar refractivity (Wildman–Crippen MR) is 174 cm³/mol. The molecule has 2 nitrogen and oxygen atoms in total. The zero-order valence-electron chi connectivity index (χ0n) is 22.3. The van der Waals surface area contributed by atoms with Crippen molar-refractivity contribution in [1.82, 2.24) is 0 Å². The molecule has 0 aliphatic rings. The van der Waals surface area contributed by atoms with Crippen LogP contribution in [-0.2, 0) is 0 Å². The lowest BCUT2D eigenvalue weighted by Gasteiger charge is -2.19. The SMILES string of the molecule is COc1ccc(C(=C(c2ccccc2)c2ccc(C(=C(Br)Br)c3ccccc3)cc2)c2ccc(OC)cc2)cc1. The van der Waals surface area contributed by atoms with Crippen LogP contribution in [0.2, 0.25) is 0 Å². The van der Waals surface area contributed by atoms with E-state index in [1.807, 2.05) is 30.3 Å². The average Bonchev–Trinajstić information content (AvgIpc) is 3.01. The molecule has 0 spiro atoms. The normalized spacial score (nSPS) is 10.5. The van der Waals surface area contributed by atoms with Crippen molar-refractivity contribution >= 4 is 48.6 Å². The van der Waals surface area contributed by atoms with Gasteiger partial charge in [-0.1, -0.05) is 109 Å². The Balaban J connectivity index is 1.74. The molecule has 0 unspecified atom stereocenters. The summed E-state index contributed by atoms with van der Waals surface area (Å²) in [4.78, 5) is 0. The van der Waals surface area contributed by atoms with E-state index < -0.39 is 0 Å². The minimum atomic E-state index is 0.823. The van der Waals surface area contributed by atoms with Gasteiger partial charge >= 0.3 is 0 Å². The highest BCUT2D eigenvalue weighted by Gasteiger charge is 2.17. The first-order chi connectivity index (χ1) is 19.6. The molecule has 5 aromatic rings. The van der Waals surface area contributed by atoms with E-state index in [-0.39, 0.29) is 0 Å². The summed E-state index contributed by atoms with van der Waals surface area (Å²) in [7, 11) is 3.38. The van der Waals surface area contributed by atoms with E-state index >= 15 is 0 Å². The number of rotatable bonds is 8. The van der Waals surface area contributed by atoms with Crippen molar-refractivity contribution < 1.29 is 9.47 Å². The summed E-state index contributed by atoms with van der Waals surface area (Å²) in [5.41, 5.74) is 10.1. The van der Waals surface area contributed by atoms with Gasteiger partial charge in [-0.2, -0.15) is 0 Å². The van der Waals surface area contributed by atoms with Gasteiger partial charge in [0.15, 0.2) is 0 Å². The summed E-state index contributed by atoms with van der Waals surface area (Å²) >= 11 is 7.35. The van der Waals surface area contributed by atoms with Crippen LogP contribution < -0.4 is 9.47 Å². The Morgan fingerprint density at radius 1 is 0.375 bits per heavy atom. The number of hydrogen-bond acceptors (Lipinski definition) is 2. The van der Waals surface area contributed by atoms with Crippen molar-refractivity contribution in [3.63, 3.8) is 0 Å². The molecule has 0 saturated heterocycles. The monoisotopic (exact) mass is 650 g/mol. The highest BCUT2D eigenvalue weighted by atomic mass is 79.9. The first-order valence-electron chi connectivity index (χ1n) is 12.9. The number of ether oxygens (including phenoxy) is 2. The Morgan fingerprint density at radius 3 is 0.975 bits per heavy atom. The largest absolute Gasteiger partial charge is 0.497 e. The third-order valence-electron chi connectivity index (χ3n) is 6.78. The second kappa shape index (κ2) is 13.0. The zero-order valence-corrected chi connectivity index (χ0v) is 25.4. The Bertz CT molecular complexity index is 1570. The fourth-order valence-corrected chi connectivity index (χ4v) is 5.74. The van der Waals surface area contributed by atoms with Crippen LogP contribution in [0.4, 0.5) is 0 Å². The van der Waals surface area contributed by atoms with E-state index in [0.717, 1.165) is 65.0 Å². The molecule has 0 aliphatic carbocycles. The summed E-state index contributed by atoms with van der Waals surface area (Å²) in [6.07, 6.45) is 0. The van der Waals surface area contributed by atoms with E-state index in [0.29, 0.717) is 0 Å². The average molecular weight is 652 g/mol. The molecule has 0 atom stereocenters. The summed E-state index contributed by atoms with van der Waals surface area (Å²) in [6.45, 7) is 0. The number of methoxy groups -OCH3 is 2. The van der Waals surface area contributed by atoms with E-state index in [4.69, 9.17) is 9.47 Å². The maximum absolute atomic E-state index is 5.46. The van der Waals surface area contributed by atoms with Gasteiger partial charge in [-0.3, -0.25) is 0 Å². The summed E-state index contributed by atoms with van der Waals surface area (Å²) in [5.74, 6) is 1.65. The Hall–Kier alpha value is -3.86. The molecule has 0 fully saturated rings. The van der Waals surface area contributed by atoms with Gasteiger partial charge < -0.3 is 9.47 Å². The van der Waals surface area contributed by atoms with E-state index in [9.17, 15) is 0 Å². The van der Waals surface area contributed by atoms with Gasteiger partial charge in [0.2, 0.25) is 0 Å². The fraction of sp³-hybridized carbons (Fsp3) is 0.0556. The smallest absolute Gasteiger partial charge is 0.118 e. The van der Waals surface area contributed by atoms with Gasteiger partial charge in [-0.15, -0.1) is 0 Å². The predicted octanol–water partition coefficient (Wildman–Crippen LogP) is 10.2. The molecule has 4 heteroatoms. The lowest BCUT2D eigenvalue weighted by Crippen LogP contribution is -1.98. The Labute approximate surface area is 252 Å². The van der Waals surface area contributed by atoms with E-state index in [1.54, 1.807) is 14.2 Å². The highest BCUT2D eigenvalue weighted by Crippen LogP contribution is 2.39. The van der Waals surface area contributed by atoms with Crippen molar-refractivity contribution in [2.24, 2.45) is 0 Å². The van der Waals surface area contributed by atoms with Crippen LogP contribution in [0.25, 0.3) is 16.7 Å². The maximum atomic E-state index is 5.46. The van der Waals surface area contributed by atoms with Crippen molar-refractivity contribution in [3.8, 4) is 11.5 Å². The quantitative estimate of drug-likeness (QED) is 0.155. The van der Waals surface area contributed by atoms with Crippen LogP contribution in [0.15, 0.2) is 137 Å². The molecule has 5 aromatic carbocycles. The van der Waals surface area contributed by atoms with Gasteiger partial charge in [0.05, 0.1) is 17.6 Å². The van der Waals surface area contributed by atoms with Gasteiger partial charge in [0, 0.05) is 5.57 Å². The van der Waals surface area contributed by atoms with Gasteiger partial charge in [-0.25, -0.2) is 0 Å². The molecule has 0 bridgehead atoms. The minimum Gasteiger partial charge on any atom is -0.497 e. The third-order valence-corrected chi connectivity index (χ3v) is 7.58. The molecule has 5 rings (SSSR count). The topological polar surface area (TPSA) is 18.5 Å². The second-order valence-electron chi connectivity index (χ2n) is 9.15. The molecule has 0 saturated carbocycles. The first-order valence-corrected chi connectivity index (χ1v) is 14.5.